The monoisotopic (exact) mass is 275 g/mol. The zero-order valence-corrected chi connectivity index (χ0v) is 14.1. The molecule has 1 nitrogen and oxygen atoms in total. The highest BCUT2D eigenvalue weighted by Crippen LogP contribution is 2.19. The third-order valence-corrected chi connectivity index (χ3v) is 3.84. The summed E-state index contributed by atoms with van der Waals surface area (Å²) >= 11 is 0. The molecule has 1 aromatic rings. The minimum absolute atomic E-state index is 0.627. The van der Waals surface area contributed by atoms with Gasteiger partial charge in [0, 0.05) is 0 Å². The van der Waals surface area contributed by atoms with E-state index in [1.165, 1.54) is 30.4 Å². The quantitative estimate of drug-likeness (QED) is 0.624. The summed E-state index contributed by atoms with van der Waals surface area (Å²) in [5.74, 6) is 2.16. The lowest BCUT2D eigenvalue weighted by Crippen LogP contribution is -2.26. The molecule has 1 unspecified atom stereocenters. The second-order valence-corrected chi connectivity index (χ2v) is 6.80. The number of rotatable bonds is 9. The van der Waals surface area contributed by atoms with Gasteiger partial charge in [0.05, 0.1) is 0 Å². The molecular weight excluding hydrogens is 242 g/mol. The van der Waals surface area contributed by atoms with E-state index in [0.29, 0.717) is 5.92 Å². The molecule has 0 saturated carbocycles. The number of hydrogen-bond donors (Lipinski definition) is 1. The minimum Gasteiger partial charge on any atom is -0.316 e. The first-order valence-corrected chi connectivity index (χ1v) is 8.32. The van der Waals surface area contributed by atoms with Crippen molar-refractivity contribution in [3.63, 3.8) is 0 Å². The second kappa shape index (κ2) is 9.18. The molecule has 0 aromatic heterocycles. The average Bonchev–Trinajstić information content (AvgIpc) is 2.38. The SMILES string of the molecule is CCCNCC(Cc1ccc(C(C)C)cc1)CC(C)C. The van der Waals surface area contributed by atoms with E-state index in [2.05, 4.69) is 64.2 Å². The van der Waals surface area contributed by atoms with Crippen molar-refractivity contribution in [2.45, 2.75) is 59.8 Å². The summed E-state index contributed by atoms with van der Waals surface area (Å²) in [6, 6.07) is 9.24. The van der Waals surface area contributed by atoms with Crippen molar-refractivity contribution in [1.82, 2.24) is 5.32 Å². The molecule has 0 aliphatic heterocycles. The molecular formula is C19H33N. The Hall–Kier alpha value is -0.820. The predicted octanol–water partition coefficient (Wildman–Crippen LogP) is 5.01. The van der Waals surface area contributed by atoms with E-state index in [4.69, 9.17) is 0 Å². The molecule has 0 amide bonds. The smallest absolute Gasteiger partial charge is 0.00172 e. The first-order valence-electron chi connectivity index (χ1n) is 8.32. The van der Waals surface area contributed by atoms with Crippen molar-refractivity contribution in [2.24, 2.45) is 11.8 Å². The average molecular weight is 275 g/mol. The third kappa shape index (κ3) is 6.56. The van der Waals surface area contributed by atoms with E-state index in [-0.39, 0.29) is 0 Å². The lowest BCUT2D eigenvalue weighted by atomic mass is 9.90. The lowest BCUT2D eigenvalue weighted by molar-refractivity contribution is 0.385. The molecule has 0 bridgehead atoms. The summed E-state index contributed by atoms with van der Waals surface area (Å²) < 4.78 is 0. The van der Waals surface area contributed by atoms with Crippen molar-refractivity contribution in [1.29, 1.82) is 0 Å². The van der Waals surface area contributed by atoms with Gasteiger partial charge in [-0.1, -0.05) is 58.9 Å². The molecule has 0 aliphatic rings. The molecule has 1 atom stereocenters. The summed E-state index contributed by atoms with van der Waals surface area (Å²) in [5, 5.41) is 3.59. The van der Waals surface area contributed by atoms with Crippen molar-refractivity contribution < 1.29 is 0 Å². The molecule has 1 N–H and O–H groups in total. The molecule has 0 radical (unpaired) electrons. The van der Waals surface area contributed by atoms with Crippen molar-refractivity contribution in [3.05, 3.63) is 35.4 Å². The molecule has 0 fully saturated rings. The van der Waals surface area contributed by atoms with Crippen LogP contribution in [0.15, 0.2) is 24.3 Å². The molecule has 1 rings (SSSR count). The maximum atomic E-state index is 3.59. The number of nitrogens with one attached hydrogen (secondary N) is 1. The van der Waals surface area contributed by atoms with Gasteiger partial charge in [-0.2, -0.15) is 0 Å². The Morgan fingerprint density at radius 1 is 1.00 bits per heavy atom. The predicted molar refractivity (Wildman–Crippen MR) is 90.3 cm³/mol. The highest BCUT2D eigenvalue weighted by atomic mass is 14.8. The van der Waals surface area contributed by atoms with Crippen LogP contribution in [0.4, 0.5) is 0 Å². The Bertz CT molecular complexity index is 351. The zero-order chi connectivity index (χ0) is 15.0. The van der Waals surface area contributed by atoms with Crippen LogP contribution in [0.25, 0.3) is 0 Å². The highest BCUT2D eigenvalue weighted by Gasteiger charge is 2.12. The Morgan fingerprint density at radius 2 is 1.65 bits per heavy atom. The van der Waals surface area contributed by atoms with Crippen LogP contribution in [-0.4, -0.2) is 13.1 Å². The number of benzene rings is 1. The zero-order valence-electron chi connectivity index (χ0n) is 14.1. The summed E-state index contributed by atoms with van der Waals surface area (Å²) in [5.41, 5.74) is 2.93. The maximum absolute atomic E-state index is 3.59. The second-order valence-electron chi connectivity index (χ2n) is 6.80. The Labute approximate surface area is 126 Å². The lowest BCUT2D eigenvalue weighted by Gasteiger charge is -2.20. The molecule has 1 heteroatoms. The van der Waals surface area contributed by atoms with Crippen LogP contribution < -0.4 is 5.32 Å². The molecule has 0 saturated heterocycles. The van der Waals surface area contributed by atoms with Crippen LogP contribution in [0.1, 0.15) is 64.5 Å². The van der Waals surface area contributed by atoms with E-state index in [1.807, 2.05) is 0 Å². The van der Waals surface area contributed by atoms with Gasteiger partial charge in [0.15, 0.2) is 0 Å². The standard InChI is InChI=1S/C19H33N/c1-6-11-20-14-18(12-15(2)3)13-17-7-9-19(10-8-17)16(4)5/h7-10,15-16,18,20H,6,11-14H2,1-5H3. The van der Waals surface area contributed by atoms with E-state index >= 15 is 0 Å². The van der Waals surface area contributed by atoms with Gasteiger partial charge in [0.1, 0.15) is 0 Å². The van der Waals surface area contributed by atoms with Gasteiger partial charge in [-0.15, -0.1) is 0 Å². The minimum atomic E-state index is 0.627. The molecule has 0 spiro atoms. The summed E-state index contributed by atoms with van der Waals surface area (Å²) in [4.78, 5) is 0. The third-order valence-electron chi connectivity index (χ3n) is 3.84. The van der Waals surface area contributed by atoms with Gasteiger partial charge in [0.2, 0.25) is 0 Å². The van der Waals surface area contributed by atoms with Gasteiger partial charge in [-0.3, -0.25) is 0 Å². The topological polar surface area (TPSA) is 12.0 Å². The van der Waals surface area contributed by atoms with Gasteiger partial charge < -0.3 is 5.32 Å². The first-order chi connectivity index (χ1) is 9.52. The van der Waals surface area contributed by atoms with Crippen LogP contribution in [0.3, 0.4) is 0 Å². The van der Waals surface area contributed by atoms with Crippen molar-refractivity contribution in [3.8, 4) is 0 Å². The Morgan fingerprint density at radius 3 is 2.15 bits per heavy atom. The van der Waals surface area contributed by atoms with Crippen LogP contribution in [0, 0.1) is 11.8 Å². The van der Waals surface area contributed by atoms with Gasteiger partial charge >= 0.3 is 0 Å². The fourth-order valence-corrected chi connectivity index (χ4v) is 2.76. The molecule has 0 heterocycles. The van der Waals surface area contributed by atoms with Crippen LogP contribution in [-0.2, 0) is 6.42 Å². The van der Waals surface area contributed by atoms with Crippen LogP contribution in [0.5, 0.6) is 0 Å². The molecule has 1 aromatic carbocycles. The van der Waals surface area contributed by atoms with Crippen molar-refractivity contribution >= 4 is 0 Å². The summed E-state index contributed by atoms with van der Waals surface area (Å²) in [7, 11) is 0. The van der Waals surface area contributed by atoms with Gasteiger partial charge in [-0.25, -0.2) is 0 Å². The van der Waals surface area contributed by atoms with E-state index < -0.39 is 0 Å². The van der Waals surface area contributed by atoms with E-state index in [0.717, 1.165) is 24.9 Å². The van der Waals surface area contributed by atoms with E-state index in [1.54, 1.807) is 0 Å². The van der Waals surface area contributed by atoms with E-state index in [9.17, 15) is 0 Å². The summed E-state index contributed by atoms with van der Waals surface area (Å²) in [6.45, 7) is 13.7. The number of hydrogen-bond acceptors (Lipinski definition) is 1. The Balaban J connectivity index is 2.58. The summed E-state index contributed by atoms with van der Waals surface area (Å²) in [6.07, 6.45) is 3.73. The molecule has 114 valence electrons. The van der Waals surface area contributed by atoms with Crippen LogP contribution >= 0.6 is 0 Å². The fourth-order valence-electron chi connectivity index (χ4n) is 2.76. The van der Waals surface area contributed by atoms with Gasteiger partial charge in [0.25, 0.3) is 0 Å². The Kier molecular flexibility index (Phi) is 7.91. The van der Waals surface area contributed by atoms with Crippen LogP contribution in [0.2, 0.25) is 0 Å². The fraction of sp³-hybridized carbons (Fsp3) is 0.684. The molecule has 20 heavy (non-hydrogen) atoms. The normalized spacial score (nSPS) is 13.2. The maximum Gasteiger partial charge on any atom is -0.00172 e. The highest BCUT2D eigenvalue weighted by molar-refractivity contribution is 5.25. The van der Waals surface area contributed by atoms with Crippen molar-refractivity contribution in [2.75, 3.05) is 13.1 Å². The van der Waals surface area contributed by atoms with Gasteiger partial charge in [-0.05, 0) is 61.2 Å². The molecule has 0 aliphatic carbocycles. The largest absolute Gasteiger partial charge is 0.316 e. The first kappa shape index (κ1) is 17.2.